The highest BCUT2D eigenvalue weighted by atomic mass is 35.5. The molecule has 20 heavy (non-hydrogen) atoms. The van der Waals surface area contributed by atoms with Crippen LogP contribution in [0.3, 0.4) is 0 Å². The second-order valence-electron chi connectivity index (χ2n) is 7.67. The van der Waals surface area contributed by atoms with E-state index in [-0.39, 0.29) is 11.0 Å². The van der Waals surface area contributed by atoms with Gasteiger partial charge >= 0.3 is 0 Å². The van der Waals surface area contributed by atoms with Crippen LogP contribution in [0.2, 0.25) is 5.02 Å². The van der Waals surface area contributed by atoms with E-state index in [9.17, 15) is 0 Å². The molecule has 0 saturated heterocycles. The number of anilines is 1. The van der Waals surface area contributed by atoms with Crippen molar-refractivity contribution in [1.29, 1.82) is 0 Å². The molecule has 0 aliphatic rings. The number of pyridine rings is 1. The highest BCUT2D eigenvalue weighted by Gasteiger charge is 2.17. The standard InChI is InChI=1S/C16H28ClN3/c1-15(2,3)11-20(7)14-13(17)8-12(9-18-14)10-19-16(4,5)6/h8-9,19H,10-11H2,1-7H3. The van der Waals surface area contributed by atoms with Gasteiger partial charge in [0.2, 0.25) is 0 Å². The van der Waals surface area contributed by atoms with Crippen molar-refractivity contribution < 1.29 is 0 Å². The monoisotopic (exact) mass is 297 g/mol. The van der Waals surface area contributed by atoms with E-state index in [0.717, 1.165) is 24.5 Å². The molecular weight excluding hydrogens is 270 g/mol. The molecule has 0 amide bonds. The smallest absolute Gasteiger partial charge is 0.147 e. The van der Waals surface area contributed by atoms with Crippen LogP contribution in [0.25, 0.3) is 0 Å². The number of hydrogen-bond acceptors (Lipinski definition) is 3. The Morgan fingerprint density at radius 2 is 1.80 bits per heavy atom. The van der Waals surface area contributed by atoms with Crippen molar-refractivity contribution in [3.63, 3.8) is 0 Å². The summed E-state index contributed by atoms with van der Waals surface area (Å²) in [5.74, 6) is 0.848. The van der Waals surface area contributed by atoms with Gasteiger partial charge in [-0.3, -0.25) is 0 Å². The van der Waals surface area contributed by atoms with E-state index in [1.165, 1.54) is 0 Å². The zero-order chi connectivity index (χ0) is 15.6. The van der Waals surface area contributed by atoms with Crippen LogP contribution in [-0.4, -0.2) is 24.1 Å². The minimum atomic E-state index is 0.0914. The van der Waals surface area contributed by atoms with Gasteiger partial charge < -0.3 is 10.2 Å². The Bertz CT molecular complexity index is 444. The molecular formula is C16H28ClN3. The molecule has 1 rings (SSSR count). The lowest BCUT2D eigenvalue weighted by atomic mass is 9.96. The summed E-state index contributed by atoms with van der Waals surface area (Å²) in [6, 6.07) is 2.00. The highest BCUT2D eigenvalue weighted by molar-refractivity contribution is 6.33. The van der Waals surface area contributed by atoms with Crippen molar-refractivity contribution in [2.24, 2.45) is 5.41 Å². The van der Waals surface area contributed by atoms with Crippen LogP contribution in [0.15, 0.2) is 12.3 Å². The number of rotatable bonds is 4. The Hall–Kier alpha value is -0.800. The van der Waals surface area contributed by atoms with Gasteiger partial charge in [0.15, 0.2) is 0 Å². The summed E-state index contributed by atoms with van der Waals surface area (Å²) in [6.45, 7) is 14.8. The molecule has 0 atom stereocenters. The van der Waals surface area contributed by atoms with E-state index in [1.807, 2.05) is 19.3 Å². The molecule has 0 aliphatic heterocycles. The van der Waals surface area contributed by atoms with Crippen LogP contribution < -0.4 is 10.2 Å². The molecule has 0 aromatic carbocycles. The van der Waals surface area contributed by atoms with Crippen molar-refractivity contribution >= 4 is 17.4 Å². The molecule has 1 N–H and O–H groups in total. The van der Waals surface area contributed by atoms with E-state index in [1.54, 1.807) is 0 Å². The van der Waals surface area contributed by atoms with E-state index < -0.39 is 0 Å². The summed E-state index contributed by atoms with van der Waals surface area (Å²) < 4.78 is 0. The van der Waals surface area contributed by atoms with Crippen LogP contribution in [0.5, 0.6) is 0 Å². The number of halogens is 1. The van der Waals surface area contributed by atoms with Gasteiger partial charge in [-0.05, 0) is 37.8 Å². The quantitative estimate of drug-likeness (QED) is 0.906. The molecule has 0 unspecified atom stereocenters. The second kappa shape index (κ2) is 6.31. The van der Waals surface area contributed by atoms with Crippen molar-refractivity contribution in [1.82, 2.24) is 10.3 Å². The third-order valence-corrected chi connectivity index (χ3v) is 3.05. The van der Waals surface area contributed by atoms with E-state index in [0.29, 0.717) is 5.02 Å². The molecule has 0 saturated carbocycles. The van der Waals surface area contributed by atoms with Crippen LogP contribution in [-0.2, 0) is 6.54 Å². The van der Waals surface area contributed by atoms with Gasteiger partial charge in [-0.25, -0.2) is 4.98 Å². The van der Waals surface area contributed by atoms with Crippen LogP contribution in [0, 0.1) is 5.41 Å². The third-order valence-electron chi connectivity index (χ3n) is 2.77. The number of hydrogen-bond donors (Lipinski definition) is 1. The summed E-state index contributed by atoms with van der Waals surface area (Å²) in [7, 11) is 2.03. The largest absolute Gasteiger partial charge is 0.358 e. The molecule has 1 heterocycles. The van der Waals surface area contributed by atoms with Gasteiger partial charge in [-0.1, -0.05) is 32.4 Å². The third kappa shape index (κ3) is 6.10. The first-order chi connectivity index (χ1) is 8.98. The number of nitrogens with one attached hydrogen (secondary N) is 1. The summed E-state index contributed by atoms with van der Waals surface area (Å²) in [6.07, 6.45) is 1.90. The first kappa shape index (κ1) is 17.3. The predicted molar refractivity (Wildman–Crippen MR) is 88.6 cm³/mol. The highest BCUT2D eigenvalue weighted by Crippen LogP contribution is 2.26. The molecule has 0 aliphatic carbocycles. The first-order valence-electron chi connectivity index (χ1n) is 7.08. The molecule has 3 nitrogen and oxygen atoms in total. The fourth-order valence-corrected chi connectivity index (χ4v) is 2.33. The maximum absolute atomic E-state index is 6.37. The van der Waals surface area contributed by atoms with E-state index in [4.69, 9.17) is 11.6 Å². The minimum Gasteiger partial charge on any atom is -0.358 e. The Balaban J connectivity index is 2.78. The Labute approximate surface area is 128 Å². The van der Waals surface area contributed by atoms with Gasteiger partial charge in [-0.2, -0.15) is 0 Å². The maximum Gasteiger partial charge on any atom is 0.147 e. The molecule has 4 heteroatoms. The molecule has 0 radical (unpaired) electrons. The normalized spacial score (nSPS) is 12.6. The molecule has 114 valence electrons. The van der Waals surface area contributed by atoms with Crippen molar-refractivity contribution in [3.05, 3.63) is 22.8 Å². The maximum atomic E-state index is 6.37. The topological polar surface area (TPSA) is 28.2 Å². The van der Waals surface area contributed by atoms with Gasteiger partial charge in [0.25, 0.3) is 0 Å². The lowest BCUT2D eigenvalue weighted by Crippen LogP contribution is -2.35. The summed E-state index contributed by atoms with van der Waals surface area (Å²) in [5, 5.41) is 4.15. The van der Waals surface area contributed by atoms with Crippen molar-refractivity contribution in [3.8, 4) is 0 Å². The zero-order valence-corrected chi connectivity index (χ0v) is 14.6. The Morgan fingerprint density at radius 3 is 2.25 bits per heavy atom. The van der Waals surface area contributed by atoms with Crippen LogP contribution in [0.4, 0.5) is 5.82 Å². The molecule has 1 aromatic rings. The molecule has 0 fully saturated rings. The van der Waals surface area contributed by atoms with Crippen LogP contribution in [0.1, 0.15) is 47.1 Å². The van der Waals surface area contributed by atoms with Crippen molar-refractivity contribution in [2.45, 2.75) is 53.6 Å². The van der Waals surface area contributed by atoms with Gasteiger partial charge in [0, 0.05) is 31.9 Å². The predicted octanol–water partition coefficient (Wildman–Crippen LogP) is 4.11. The van der Waals surface area contributed by atoms with Crippen molar-refractivity contribution in [2.75, 3.05) is 18.5 Å². The second-order valence-corrected chi connectivity index (χ2v) is 8.08. The number of nitrogens with zero attached hydrogens (tertiary/aromatic N) is 2. The zero-order valence-electron chi connectivity index (χ0n) is 13.8. The Kier molecular flexibility index (Phi) is 5.45. The Morgan fingerprint density at radius 1 is 1.20 bits per heavy atom. The lowest BCUT2D eigenvalue weighted by molar-refractivity contribution is 0.417. The van der Waals surface area contributed by atoms with Gasteiger partial charge in [0.1, 0.15) is 5.82 Å². The average Bonchev–Trinajstić information content (AvgIpc) is 2.22. The molecule has 0 bridgehead atoms. The summed E-state index contributed by atoms with van der Waals surface area (Å²) >= 11 is 6.37. The van der Waals surface area contributed by atoms with Gasteiger partial charge in [0.05, 0.1) is 5.02 Å². The SMILES string of the molecule is CN(CC(C)(C)C)c1ncc(CNC(C)(C)C)cc1Cl. The van der Waals surface area contributed by atoms with Gasteiger partial charge in [-0.15, -0.1) is 0 Å². The van der Waals surface area contributed by atoms with Crippen LogP contribution >= 0.6 is 11.6 Å². The molecule has 0 spiro atoms. The number of aromatic nitrogens is 1. The average molecular weight is 298 g/mol. The fourth-order valence-electron chi connectivity index (χ4n) is 2.00. The summed E-state index contributed by atoms with van der Waals surface area (Å²) in [4.78, 5) is 6.63. The fraction of sp³-hybridized carbons (Fsp3) is 0.688. The molecule has 1 aromatic heterocycles. The summed E-state index contributed by atoms with van der Waals surface area (Å²) in [5.41, 5.74) is 1.42. The minimum absolute atomic E-state index is 0.0914. The lowest BCUT2D eigenvalue weighted by Gasteiger charge is -2.28. The van der Waals surface area contributed by atoms with E-state index >= 15 is 0 Å². The van der Waals surface area contributed by atoms with E-state index in [2.05, 4.69) is 56.7 Å². The first-order valence-corrected chi connectivity index (χ1v) is 7.46.